The summed E-state index contributed by atoms with van der Waals surface area (Å²) in [7, 11) is 1.51. The van der Waals surface area contributed by atoms with Gasteiger partial charge in [-0.25, -0.2) is 4.79 Å². The molecule has 0 aromatic heterocycles. The molecule has 1 aliphatic carbocycles. The fourth-order valence-electron chi connectivity index (χ4n) is 1.85. The van der Waals surface area contributed by atoms with Gasteiger partial charge < -0.3 is 14.6 Å². The summed E-state index contributed by atoms with van der Waals surface area (Å²) in [6.07, 6.45) is 3.57. The highest BCUT2D eigenvalue weighted by Gasteiger charge is 2.21. The minimum Gasteiger partial charge on any atom is -0.493 e. The molecule has 1 fully saturated rings. The number of hydrogen-bond acceptors (Lipinski definition) is 3. The second kappa shape index (κ2) is 5.08. The number of hydrogen-bond donors (Lipinski definition) is 1. The van der Waals surface area contributed by atoms with Gasteiger partial charge in [-0.2, -0.15) is 0 Å². The minimum atomic E-state index is -0.993. The third kappa shape index (κ3) is 2.52. The lowest BCUT2D eigenvalue weighted by atomic mass is 9.86. The largest absolute Gasteiger partial charge is 0.493 e. The SMILES string of the molecule is COc1cccc(C(=O)O)c1OCC1CCC1. The number of aromatic carboxylic acids is 1. The van der Waals surface area contributed by atoms with Crippen molar-refractivity contribution in [3.8, 4) is 11.5 Å². The van der Waals surface area contributed by atoms with Crippen molar-refractivity contribution in [2.45, 2.75) is 19.3 Å². The Bertz CT molecular complexity index is 410. The van der Waals surface area contributed by atoms with Gasteiger partial charge in [0, 0.05) is 0 Å². The quantitative estimate of drug-likeness (QED) is 0.853. The lowest BCUT2D eigenvalue weighted by Crippen LogP contribution is -2.20. The Balaban J connectivity index is 2.17. The van der Waals surface area contributed by atoms with Gasteiger partial charge in [0.2, 0.25) is 0 Å². The van der Waals surface area contributed by atoms with Gasteiger partial charge in [0.25, 0.3) is 0 Å². The topological polar surface area (TPSA) is 55.8 Å². The molecule has 2 rings (SSSR count). The van der Waals surface area contributed by atoms with E-state index < -0.39 is 5.97 Å². The van der Waals surface area contributed by atoms with Crippen molar-refractivity contribution in [2.75, 3.05) is 13.7 Å². The molecule has 0 bridgehead atoms. The first-order valence-electron chi connectivity index (χ1n) is 5.75. The number of ether oxygens (including phenoxy) is 2. The average Bonchev–Trinajstić information content (AvgIpc) is 2.26. The Labute approximate surface area is 100 Å². The van der Waals surface area contributed by atoms with E-state index in [9.17, 15) is 4.79 Å². The van der Waals surface area contributed by atoms with Crippen LogP contribution in [-0.4, -0.2) is 24.8 Å². The standard InChI is InChI=1S/C13H16O4/c1-16-11-7-3-6-10(13(14)15)12(11)17-8-9-4-2-5-9/h3,6-7,9H,2,4-5,8H2,1H3,(H,14,15). The van der Waals surface area contributed by atoms with E-state index in [1.165, 1.54) is 19.6 Å². The Hall–Kier alpha value is -1.71. The van der Waals surface area contributed by atoms with E-state index in [0.717, 1.165) is 12.8 Å². The summed E-state index contributed by atoms with van der Waals surface area (Å²) < 4.78 is 10.8. The molecule has 4 nitrogen and oxygen atoms in total. The van der Waals surface area contributed by atoms with Gasteiger partial charge in [-0.05, 0) is 30.9 Å². The number of carboxylic acid groups (broad SMARTS) is 1. The van der Waals surface area contributed by atoms with Crippen LogP contribution in [0.15, 0.2) is 18.2 Å². The lowest BCUT2D eigenvalue weighted by Gasteiger charge is -2.25. The fourth-order valence-corrected chi connectivity index (χ4v) is 1.85. The Morgan fingerprint density at radius 1 is 1.47 bits per heavy atom. The Morgan fingerprint density at radius 3 is 2.76 bits per heavy atom. The summed E-state index contributed by atoms with van der Waals surface area (Å²) in [5.41, 5.74) is 0.156. The monoisotopic (exact) mass is 236 g/mol. The number of carbonyl (C=O) groups is 1. The van der Waals surface area contributed by atoms with E-state index in [2.05, 4.69) is 0 Å². The summed E-state index contributed by atoms with van der Waals surface area (Å²) in [6.45, 7) is 0.570. The van der Waals surface area contributed by atoms with Gasteiger partial charge in [0.05, 0.1) is 13.7 Å². The Kier molecular flexibility index (Phi) is 3.52. The second-order valence-electron chi connectivity index (χ2n) is 4.25. The van der Waals surface area contributed by atoms with Gasteiger partial charge in [0.15, 0.2) is 11.5 Å². The maximum absolute atomic E-state index is 11.1. The van der Waals surface area contributed by atoms with Gasteiger partial charge in [-0.3, -0.25) is 0 Å². The maximum atomic E-state index is 11.1. The van der Waals surface area contributed by atoms with E-state index in [4.69, 9.17) is 14.6 Å². The molecule has 0 radical (unpaired) electrons. The van der Waals surface area contributed by atoms with Crippen LogP contribution < -0.4 is 9.47 Å². The van der Waals surface area contributed by atoms with Crippen LogP contribution >= 0.6 is 0 Å². The predicted octanol–water partition coefficient (Wildman–Crippen LogP) is 2.57. The first-order valence-corrected chi connectivity index (χ1v) is 5.75. The highest BCUT2D eigenvalue weighted by molar-refractivity contribution is 5.92. The molecule has 1 aromatic carbocycles. The van der Waals surface area contributed by atoms with Gasteiger partial charge in [-0.15, -0.1) is 0 Å². The van der Waals surface area contributed by atoms with Crippen molar-refractivity contribution in [1.29, 1.82) is 0 Å². The van der Waals surface area contributed by atoms with Crippen LogP contribution in [-0.2, 0) is 0 Å². The molecule has 0 aliphatic heterocycles. The number of para-hydroxylation sites is 1. The zero-order chi connectivity index (χ0) is 12.3. The molecule has 0 spiro atoms. The van der Waals surface area contributed by atoms with Crippen molar-refractivity contribution in [1.82, 2.24) is 0 Å². The molecule has 1 aliphatic rings. The third-order valence-corrected chi connectivity index (χ3v) is 3.12. The summed E-state index contributed by atoms with van der Waals surface area (Å²) in [5.74, 6) is 0.382. The fraction of sp³-hybridized carbons (Fsp3) is 0.462. The zero-order valence-electron chi connectivity index (χ0n) is 9.81. The molecule has 0 heterocycles. The van der Waals surface area contributed by atoms with E-state index in [1.807, 2.05) is 0 Å². The molecule has 0 unspecified atom stereocenters. The Morgan fingerprint density at radius 2 is 2.24 bits per heavy atom. The first-order chi connectivity index (χ1) is 8.22. The highest BCUT2D eigenvalue weighted by Crippen LogP contribution is 2.33. The second-order valence-corrected chi connectivity index (χ2v) is 4.25. The van der Waals surface area contributed by atoms with Crippen LogP contribution in [0.2, 0.25) is 0 Å². The van der Waals surface area contributed by atoms with Crippen molar-refractivity contribution >= 4 is 5.97 Å². The molecule has 4 heteroatoms. The van der Waals surface area contributed by atoms with Crippen molar-refractivity contribution < 1.29 is 19.4 Å². The normalized spacial score (nSPS) is 15.1. The van der Waals surface area contributed by atoms with E-state index in [1.54, 1.807) is 12.1 Å². The summed E-state index contributed by atoms with van der Waals surface area (Å²) in [5, 5.41) is 9.09. The van der Waals surface area contributed by atoms with Crippen LogP contribution in [0.5, 0.6) is 11.5 Å². The summed E-state index contributed by atoms with van der Waals surface area (Å²) in [4.78, 5) is 11.1. The number of rotatable bonds is 5. The van der Waals surface area contributed by atoms with Crippen LogP contribution in [0.3, 0.4) is 0 Å². The predicted molar refractivity (Wildman–Crippen MR) is 62.8 cm³/mol. The molecular weight excluding hydrogens is 220 g/mol. The molecule has 1 saturated carbocycles. The van der Waals surface area contributed by atoms with Crippen molar-refractivity contribution in [3.63, 3.8) is 0 Å². The minimum absolute atomic E-state index is 0.156. The summed E-state index contributed by atoms with van der Waals surface area (Å²) in [6, 6.07) is 4.89. The first kappa shape index (κ1) is 11.8. The van der Waals surface area contributed by atoms with E-state index >= 15 is 0 Å². The van der Waals surface area contributed by atoms with Crippen LogP contribution in [0.4, 0.5) is 0 Å². The van der Waals surface area contributed by atoms with Gasteiger partial charge in [-0.1, -0.05) is 12.5 Å². The number of carboxylic acids is 1. The molecule has 17 heavy (non-hydrogen) atoms. The maximum Gasteiger partial charge on any atom is 0.339 e. The van der Waals surface area contributed by atoms with Crippen molar-refractivity contribution in [3.05, 3.63) is 23.8 Å². The molecule has 1 aromatic rings. The summed E-state index contributed by atoms with van der Waals surface area (Å²) >= 11 is 0. The van der Waals surface area contributed by atoms with Crippen LogP contribution in [0.25, 0.3) is 0 Å². The highest BCUT2D eigenvalue weighted by atomic mass is 16.5. The molecule has 0 saturated heterocycles. The molecule has 0 atom stereocenters. The van der Waals surface area contributed by atoms with E-state index in [0.29, 0.717) is 24.0 Å². The smallest absolute Gasteiger partial charge is 0.339 e. The molecule has 1 N–H and O–H groups in total. The van der Waals surface area contributed by atoms with Crippen LogP contribution in [0.1, 0.15) is 29.6 Å². The van der Waals surface area contributed by atoms with Gasteiger partial charge >= 0.3 is 5.97 Å². The number of benzene rings is 1. The average molecular weight is 236 g/mol. The van der Waals surface area contributed by atoms with E-state index in [-0.39, 0.29) is 5.56 Å². The zero-order valence-corrected chi connectivity index (χ0v) is 9.81. The van der Waals surface area contributed by atoms with Gasteiger partial charge in [0.1, 0.15) is 5.56 Å². The number of methoxy groups -OCH3 is 1. The lowest BCUT2D eigenvalue weighted by molar-refractivity contribution is 0.0688. The van der Waals surface area contributed by atoms with Crippen molar-refractivity contribution in [2.24, 2.45) is 5.92 Å². The molecular formula is C13H16O4. The van der Waals surface area contributed by atoms with Crippen LogP contribution in [0, 0.1) is 5.92 Å². The third-order valence-electron chi connectivity index (χ3n) is 3.12. The molecule has 92 valence electrons. The molecule has 0 amide bonds.